The van der Waals surface area contributed by atoms with Gasteiger partial charge in [0.2, 0.25) is 0 Å². The molecule has 1 aromatic rings. The van der Waals surface area contributed by atoms with Crippen molar-refractivity contribution in [2.24, 2.45) is 11.8 Å². The van der Waals surface area contributed by atoms with Crippen molar-refractivity contribution in [2.75, 3.05) is 40.4 Å². The first-order chi connectivity index (χ1) is 9.30. The number of methoxy groups -OCH3 is 2. The van der Waals surface area contributed by atoms with Gasteiger partial charge < -0.3 is 14.8 Å². The predicted octanol–water partition coefficient (Wildman–Crippen LogP) is 1.35. The van der Waals surface area contributed by atoms with Crippen LogP contribution in [0.2, 0.25) is 0 Å². The van der Waals surface area contributed by atoms with Crippen molar-refractivity contribution < 1.29 is 9.47 Å². The number of nitrogens with one attached hydrogen (secondary N) is 1. The average Bonchev–Trinajstić information content (AvgIpc) is 3.00. The van der Waals surface area contributed by atoms with Gasteiger partial charge >= 0.3 is 0 Å². The zero-order chi connectivity index (χ0) is 13.2. The molecule has 0 unspecified atom stereocenters. The molecule has 2 heterocycles. The van der Waals surface area contributed by atoms with Crippen molar-refractivity contribution in [2.45, 2.75) is 6.54 Å². The Balaban J connectivity index is 1.69. The van der Waals surface area contributed by atoms with Crippen LogP contribution >= 0.6 is 0 Å². The number of hydrogen-bond donors (Lipinski definition) is 1. The number of benzene rings is 1. The van der Waals surface area contributed by atoms with Crippen LogP contribution in [-0.2, 0) is 6.54 Å². The van der Waals surface area contributed by atoms with Gasteiger partial charge in [0, 0.05) is 31.3 Å². The van der Waals surface area contributed by atoms with Crippen LogP contribution in [0.3, 0.4) is 0 Å². The lowest BCUT2D eigenvalue weighted by molar-refractivity contribution is 0.297. The van der Waals surface area contributed by atoms with E-state index in [1.165, 1.54) is 31.7 Å². The van der Waals surface area contributed by atoms with E-state index in [0.717, 1.165) is 29.9 Å². The van der Waals surface area contributed by atoms with Crippen molar-refractivity contribution in [3.63, 3.8) is 0 Å². The Morgan fingerprint density at radius 2 is 1.89 bits per heavy atom. The molecule has 4 heteroatoms. The van der Waals surface area contributed by atoms with E-state index >= 15 is 0 Å². The van der Waals surface area contributed by atoms with Crippen LogP contribution in [0.25, 0.3) is 0 Å². The summed E-state index contributed by atoms with van der Waals surface area (Å²) >= 11 is 0. The predicted molar refractivity (Wildman–Crippen MR) is 74.7 cm³/mol. The van der Waals surface area contributed by atoms with E-state index in [2.05, 4.69) is 16.3 Å². The Kier molecular flexibility index (Phi) is 3.62. The first-order valence-electron chi connectivity index (χ1n) is 6.94. The smallest absolute Gasteiger partial charge is 0.127 e. The molecule has 0 radical (unpaired) electrons. The summed E-state index contributed by atoms with van der Waals surface area (Å²) < 4.78 is 10.7. The van der Waals surface area contributed by atoms with Gasteiger partial charge in [-0.15, -0.1) is 0 Å². The minimum absolute atomic E-state index is 0.837. The average molecular weight is 262 g/mol. The molecule has 0 aliphatic carbocycles. The molecule has 0 amide bonds. The number of nitrogens with zero attached hydrogens (tertiary/aromatic N) is 1. The van der Waals surface area contributed by atoms with E-state index in [0.29, 0.717) is 0 Å². The van der Waals surface area contributed by atoms with Gasteiger partial charge in [0.15, 0.2) is 0 Å². The summed E-state index contributed by atoms with van der Waals surface area (Å²) in [5.41, 5.74) is 1.25. The first-order valence-corrected chi connectivity index (χ1v) is 6.94. The molecule has 2 aliphatic heterocycles. The van der Waals surface area contributed by atoms with E-state index in [1.807, 2.05) is 12.1 Å². The van der Waals surface area contributed by atoms with Crippen LogP contribution in [0.15, 0.2) is 18.2 Å². The Labute approximate surface area is 114 Å². The fraction of sp³-hybridized carbons (Fsp3) is 0.600. The molecule has 0 aromatic heterocycles. The van der Waals surface area contributed by atoms with Crippen molar-refractivity contribution in [1.82, 2.24) is 10.2 Å². The highest BCUT2D eigenvalue weighted by atomic mass is 16.5. The number of ether oxygens (including phenoxy) is 2. The van der Waals surface area contributed by atoms with Crippen LogP contribution < -0.4 is 14.8 Å². The Morgan fingerprint density at radius 1 is 1.16 bits per heavy atom. The molecular weight excluding hydrogens is 240 g/mol. The third-order valence-corrected chi connectivity index (χ3v) is 4.35. The molecule has 1 N–H and O–H groups in total. The summed E-state index contributed by atoms with van der Waals surface area (Å²) in [6.45, 7) is 5.74. The fourth-order valence-electron chi connectivity index (χ4n) is 3.31. The van der Waals surface area contributed by atoms with Gasteiger partial charge in [-0.2, -0.15) is 0 Å². The van der Waals surface area contributed by atoms with Gasteiger partial charge in [0.1, 0.15) is 11.5 Å². The molecule has 104 valence electrons. The third kappa shape index (κ3) is 2.55. The van der Waals surface area contributed by atoms with Crippen LogP contribution in [0.4, 0.5) is 0 Å². The maximum absolute atomic E-state index is 5.47. The van der Waals surface area contributed by atoms with E-state index < -0.39 is 0 Å². The lowest BCUT2D eigenvalue weighted by atomic mass is 10.0. The molecule has 19 heavy (non-hydrogen) atoms. The van der Waals surface area contributed by atoms with E-state index in [4.69, 9.17) is 9.47 Å². The SMILES string of the molecule is COc1ccc(CN2C[C@H]3CNC[C@H]3C2)c(OC)c1. The summed E-state index contributed by atoms with van der Waals surface area (Å²) in [6.07, 6.45) is 0. The monoisotopic (exact) mass is 262 g/mol. The first kappa shape index (κ1) is 12.8. The topological polar surface area (TPSA) is 33.7 Å². The zero-order valence-electron chi connectivity index (χ0n) is 11.7. The Hall–Kier alpha value is -1.26. The summed E-state index contributed by atoms with van der Waals surface area (Å²) in [4.78, 5) is 2.54. The van der Waals surface area contributed by atoms with Crippen molar-refractivity contribution in [3.8, 4) is 11.5 Å². The molecule has 2 atom stereocenters. The second-order valence-corrected chi connectivity index (χ2v) is 5.55. The van der Waals surface area contributed by atoms with Gasteiger partial charge in [-0.25, -0.2) is 0 Å². The summed E-state index contributed by atoms with van der Waals surface area (Å²) in [7, 11) is 3.41. The second kappa shape index (κ2) is 5.39. The lowest BCUT2D eigenvalue weighted by Crippen LogP contribution is -2.25. The summed E-state index contributed by atoms with van der Waals surface area (Å²) in [5.74, 6) is 3.45. The highest BCUT2D eigenvalue weighted by molar-refractivity contribution is 5.40. The van der Waals surface area contributed by atoms with Crippen molar-refractivity contribution in [3.05, 3.63) is 23.8 Å². The highest BCUT2D eigenvalue weighted by Crippen LogP contribution is 2.30. The molecular formula is C15H22N2O2. The highest BCUT2D eigenvalue weighted by Gasteiger charge is 2.35. The van der Waals surface area contributed by atoms with Crippen molar-refractivity contribution >= 4 is 0 Å². The Morgan fingerprint density at radius 3 is 2.53 bits per heavy atom. The second-order valence-electron chi connectivity index (χ2n) is 5.55. The minimum Gasteiger partial charge on any atom is -0.497 e. The van der Waals surface area contributed by atoms with E-state index in [-0.39, 0.29) is 0 Å². The lowest BCUT2D eigenvalue weighted by Gasteiger charge is -2.19. The van der Waals surface area contributed by atoms with Gasteiger partial charge in [-0.1, -0.05) is 6.07 Å². The quantitative estimate of drug-likeness (QED) is 0.888. The standard InChI is InChI=1S/C15H22N2O2/c1-18-14-4-3-11(15(5-14)19-2)8-17-9-12-6-16-7-13(12)10-17/h3-5,12-13,16H,6-10H2,1-2H3/t12-,13+. The largest absolute Gasteiger partial charge is 0.497 e. The minimum atomic E-state index is 0.837. The summed E-state index contributed by atoms with van der Waals surface area (Å²) in [6, 6.07) is 6.09. The fourth-order valence-corrected chi connectivity index (χ4v) is 3.31. The summed E-state index contributed by atoms with van der Waals surface area (Å²) in [5, 5.41) is 3.48. The molecule has 0 bridgehead atoms. The zero-order valence-corrected chi connectivity index (χ0v) is 11.7. The van der Waals surface area contributed by atoms with Gasteiger partial charge in [0.25, 0.3) is 0 Å². The van der Waals surface area contributed by atoms with Crippen molar-refractivity contribution in [1.29, 1.82) is 0 Å². The molecule has 1 aromatic carbocycles. The molecule has 2 aliphatic rings. The molecule has 3 rings (SSSR count). The van der Waals surface area contributed by atoms with Crippen LogP contribution in [-0.4, -0.2) is 45.3 Å². The normalized spacial score (nSPS) is 26.4. The number of fused-ring (bicyclic) bond motifs is 1. The molecule has 4 nitrogen and oxygen atoms in total. The third-order valence-electron chi connectivity index (χ3n) is 4.35. The van der Waals surface area contributed by atoms with E-state index in [9.17, 15) is 0 Å². The molecule has 0 saturated carbocycles. The van der Waals surface area contributed by atoms with Crippen LogP contribution in [0, 0.1) is 11.8 Å². The van der Waals surface area contributed by atoms with Gasteiger partial charge in [0.05, 0.1) is 14.2 Å². The maximum Gasteiger partial charge on any atom is 0.127 e. The molecule has 2 fully saturated rings. The number of likely N-dealkylation sites (tertiary alicyclic amines) is 1. The number of hydrogen-bond acceptors (Lipinski definition) is 4. The Bertz CT molecular complexity index is 438. The van der Waals surface area contributed by atoms with Crippen LogP contribution in [0.5, 0.6) is 11.5 Å². The molecule has 2 saturated heterocycles. The van der Waals surface area contributed by atoms with Gasteiger partial charge in [-0.3, -0.25) is 4.90 Å². The van der Waals surface area contributed by atoms with Gasteiger partial charge in [-0.05, 0) is 31.0 Å². The number of rotatable bonds is 4. The van der Waals surface area contributed by atoms with E-state index in [1.54, 1.807) is 14.2 Å². The molecule has 0 spiro atoms. The maximum atomic E-state index is 5.47. The van der Waals surface area contributed by atoms with Crippen LogP contribution in [0.1, 0.15) is 5.56 Å².